The predicted molar refractivity (Wildman–Crippen MR) is 94.9 cm³/mol. The summed E-state index contributed by atoms with van der Waals surface area (Å²) in [4.78, 5) is 15.6. The lowest BCUT2D eigenvalue weighted by atomic mass is 10.3. The van der Waals surface area contributed by atoms with Gasteiger partial charge in [0.25, 0.3) is 0 Å². The molecule has 0 saturated heterocycles. The number of oxazole rings is 1. The Balaban J connectivity index is 2.26. The van der Waals surface area contributed by atoms with Crippen molar-refractivity contribution in [3.8, 4) is 5.75 Å². The summed E-state index contributed by atoms with van der Waals surface area (Å²) in [7, 11) is 0.452. The molecule has 9 nitrogen and oxygen atoms in total. The van der Waals surface area contributed by atoms with E-state index in [2.05, 4.69) is 9.72 Å². The smallest absolute Gasteiger partial charge is 0.360 e. The molecular weight excluding hydrogens is 376 g/mol. The zero-order valence-electron chi connectivity index (χ0n) is 15.4. The molecule has 10 heteroatoms. The number of sulfonamides is 1. The Hall–Kier alpha value is -2.43. The highest BCUT2D eigenvalue weighted by Crippen LogP contribution is 2.21. The third-order valence-corrected chi connectivity index (χ3v) is 5.57. The molecule has 1 aromatic heterocycles. The molecule has 0 bridgehead atoms. The van der Waals surface area contributed by atoms with Gasteiger partial charge in [-0.2, -0.15) is 4.31 Å². The molecule has 0 spiro atoms. The third kappa shape index (κ3) is 5.28. The van der Waals surface area contributed by atoms with E-state index in [1.807, 2.05) is 0 Å². The Labute approximate surface area is 157 Å². The summed E-state index contributed by atoms with van der Waals surface area (Å²) in [6.07, 6.45) is 1.62. The molecule has 0 aliphatic carbocycles. The number of hydrogen-bond acceptors (Lipinski definition) is 8. The Kier molecular flexibility index (Phi) is 7.34. The predicted octanol–water partition coefficient (Wildman–Crippen LogP) is 1.70. The zero-order chi connectivity index (χ0) is 19.9. The zero-order valence-corrected chi connectivity index (χ0v) is 16.2. The second-order valence-corrected chi connectivity index (χ2v) is 7.42. The largest absolute Gasteiger partial charge is 0.497 e. The number of nitrogens with zero attached hydrogens (tertiary/aromatic N) is 2. The first kappa shape index (κ1) is 20.9. The van der Waals surface area contributed by atoms with Gasteiger partial charge < -0.3 is 18.6 Å². The topological polar surface area (TPSA) is 108 Å². The van der Waals surface area contributed by atoms with Gasteiger partial charge in [-0.15, -0.1) is 0 Å². The minimum Gasteiger partial charge on any atom is -0.497 e. The first-order valence-corrected chi connectivity index (χ1v) is 9.52. The number of esters is 1. The van der Waals surface area contributed by atoms with Crippen LogP contribution in [0.25, 0.3) is 0 Å². The first-order chi connectivity index (χ1) is 12.9. The molecule has 0 aliphatic rings. The van der Waals surface area contributed by atoms with E-state index >= 15 is 0 Å². The summed E-state index contributed by atoms with van der Waals surface area (Å²) in [5, 5.41) is 0. The van der Waals surface area contributed by atoms with E-state index in [0.29, 0.717) is 18.8 Å². The summed E-state index contributed by atoms with van der Waals surface area (Å²) in [6.45, 7) is 0.459. The number of carbonyl (C=O) groups is 1. The van der Waals surface area contributed by atoms with E-state index in [1.54, 1.807) is 19.2 Å². The van der Waals surface area contributed by atoms with Crippen molar-refractivity contribution in [3.63, 3.8) is 0 Å². The van der Waals surface area contributed by atoms with Gasteiger partial charge >= 0.3 is 5.97 Å². The highest BCUT2D eigenvalue weighted by atomic mass is 32.2. The van der Waals surface area contributed by atoms with Crippen LogP contribution in [0.3, 0.4) is 0 Å². The van der Waals surface area contributed by atoms with Crippen molar-refractivity contribution in [2.75, 3.05) is 34.5 Å². The van der Waals surface area contributed by atoms with Gasteiger partial charge in [0.05, 0.1) is 25.7 Å². The normalized spacial score (nSPS) is 11.6. The van der Waals surface area contributed by atoms with Crippen molar-refractivity contribution in [1.82, 2.24) is 9.29 Å². The quantitative estimate of drug-likeness (QED) is 0.439. The van der Waals surface area contributed by atoms with Crippen LogP contribution >= 0.6 is 0 Å². The molecule has 1 heterocycles. The molecule has 0 aliphatic heterocycles. The molecule has 0 atom stereocenters. The molecule has 0 fully saturated rings. The van der Waals surface area contributed by atoms with Gasteiger partial charge in [-0.05, 0) is 30.7 Å². The minimum absolute atomic E-state index is 0.0220. The molecule has 148 valence electrons. The van der Waals surface area contributed by atoms with Crippen LogP contribution in [0.4, 0.5) is 0 Å². The molecule has 0 saturated carbocycles. The fraction of sp³-hybridized carbons (Fsp3) is 0.412. The molecule has 27 heavy (non-hydrogen) atoms. The third-order valence-electron chi connectivity index (χ3n) is 3.71. The molecule has 0 unspecified atom stereocenters. The molecule has 0 N–H and O–H groups in total. The highest BCUT2D eigenvalue weighted by molar-refractivity contribution is 7.89. The summed E-state index contributed by atoms with van der Waals surface area (Å²) >= 11 is 0. The van der Waals surface area contributed by atoms with Crippen molar-refractivity contribution in [1.29, 1.82) is 0 Å². The maximum Gasteiger partial charge on any atom is 0.360 e. The number of carbonyl (C=O) groups excluding carboxylic acids is 1. The Morgan fingerprint density at radius 2 is 1.89 bits per heavy atom. The van der Waals surface area contributed by atoms with Crippen LogP contribution in [0.15, 0.2) is 39.8 Å². The SMILES string of the molecule is COCCCN(Cc1nc(C(=O)OC)co1)S(=O)(=O)c1ccc(OC)cc1. The van der Waals surface area contributed by atoms with E-state index in [0.717, 1.165) is 6.26 Å². The van der Waals surface area contributed by atoms with E-state index in [4.69, 9.17) is 13.9 Å². The van der Waals surface area contributed by atoms with Gasteiger partial charge in [-0.1, -0.05) is 0 Å². The molecule has 0 radical (unpaired) electrons. The van der Waals surface area contributed by atoms with Crippen LogP contribution in [0, 0.1) is 0 Å². The first-order valence-electron chi connectivity index (χ1n) is 8.08. The van der Waals surface area contributed by atoms with Gasteiger partial charge in [-0.25, -0.2) is 18.2 Å². The molecule has 2 rings (SSSR count). The van der Waals surface area contributed by atoms with Gasteiger partial charge in [0, 0.05) is 20.3 Å². The van der Waals surface area contributed by atoms with Crippen LogP contribution in [0.1, 0.15) is 22.8 Å². The van der Waals surface area contributed by atoms with Crippen molar-refractivity contribution < 1.29 is 31.8 Å². The Bertz CT molecular complexity index is 846. The summed E-state index contributed by atoms with van der Waals surface area (Å²) in [5.74, 6) is -0.0193. The fourth-order valence-corrected chi connectivity index (χ4v) is 3.73. The fourth-order valence-electron chi connectivity index (χ4n) is 2.30. The lowest BCUT2D eigenvalue weighted by Crippen LogP contribution is -2.32. The van der Waals surface area contributed by atoms with Crippen molar-refractivity contribution >= 4 is 16.0 Å². The standard InChI is InChI=1S/C17H22N2O7S/c1-23-10-4-9-19(11-16-18-15(12-26-16)17(20)25-3)27(21,22)14-7-5-13(24-2)6-8-14/h5-8,12H,4,9-11H2,1-3H3. The lowest BCUT2D eigenvalue weighted by Gasteiger charge is -2.20. The van der Waals surface area contributed by atoms with Gasteiger partial charge in [-0.3, -0.25) is 0 Å². The summed E-state index contributed by atoms with van der Waals surface area (Å²) in [6, 6.07) is 6.07. The van der Waals surface area contributed by atoms with Crippen molar-refractivity contribution in [2.45, 2.75) is 17.9 Å². The molecule has 1 aromatic carbocycles. The molecule has 2 aromatic rings. The number of benzene rings is 1. The van der Waals surface area contributed by atoms with Crippen LogP contribution in [0.2, 0.25) is 0 Å². The van der Waals surface area contributed by atoms with E-state index in [9.17, 15) is 13.2 Å². The average molecular weight is 398 g/mol. The summed E-state index contributed by atoms with van der Waals surface area (Å²) in [5.41, 5.74) is -0.0220. The number of methoxy groups -OCH3 is 3. The molecule has 0 amide bonds. The number of hydrogen-bond donors (Lipinski definition) is 0. The summed E-state index contributed by atoms with van der Waals surface area (Å²) < 4.78 is 47.1. The van der Waals surface area contributed by atoms with Crippen LogP contribution < -0.4 is 4.74 Å². The number of ether oxygens (including phenoxy) is 3. The van der Waals surface area contributed by atoms with Gasteiger partial charge in [0.2, 0.25) is 15.9 Å². The van der Waals surface area contributed by atoms with Gasteiger partial charge in [0.15, 0.2) is 5.69 Å². The monoisotopic (exact) mass is 398 g/mol. The maximum atomic E-state index is 13.0. The Morgan fingerprint density at radius 3 is 2.48 bits per heavy atom. The van der Waals surface area contributed by atoms with Crippen LogP contribution in [0.5, 0.6) is 5.75 Å². The van der Waals surface area contributed by atoms with Crippen LogP contribution in [-0.4, -0.2) is 58.2 Å². The van der Waals surface area contributed by atoms with E-state index in [-0.39, 0.29) is 29.6 Å². The lowest BCUT2D eigenvalue weighted by molar-refractivity contribution is 0.0594. The van der Waals surface area contributed by atoms with E-state index in [1.165, 1.54) is 30.7 Å². The molecular formula is C17H22N2O7S. The number of rotatable bonds is 10. The average Bonchev–Trinajstić information content (AvgIpc) is 3.15. The van der Waals surface area contributed by atoms with Crippen molar-refractivity contribution in [2.24, 2.45) is 0 Å². The number of aromatic nitrogens is 1. The van der Waals surface area contributed by atoms with E-state index < -0.39 is 16.0 Å². The highest BCUT2D eigenvalue weighted by Gasteiger charge is 2.26. The minimum atomic E-state index is -3.82. The maximum absolute atomic E-state index is 13.0. The van der Waals surface area contributed by atoms with Gasteiger partial charge in [0.1, 0.15) is 12.0 Å². The second kappa shape index (κ2) is 9.49. The van der Waals surface area contributed by atoms with Crippen LogP contribution in [-0.2, 0) is 26.0 Å². The second-order valence-electron chi connectivity index (χ2n) is 5.48. The van der Waals surface area contributed by atoms with Crippen molar-refractivity contribution in [3.05, 3.63) is 42.1 Å². The Morgan fingerprint density at radius 1 is 1.19 bits per heavy atom.